The van der Waals surface area contributed by atoms with Crippen LogP contribution in [-0.4, -0.2) is 45.9 Å². The third kappa shape index (κ3) is 3.04. The van der Waals surface area contributed by atoms with Crippen molar-refractivity contribution in [2.45, 2.75) is 25.7 Å². The van der Waals surface area contributed by atoms with E-state index in [-0.39, 0.29) is 5.91 Å². The molecule has 0 unspecified atom stereocenters. The van der Waals surface area contributed by atoms with Gasteiger partial charge in [-0.15, -0.1) is 5.10 Å². The number of rotatable bonds is 5. The van der Waals surface area contributed by atoms with Gasteiger partial charge in [-0.05, 0) is 38.0 Å². The van der Waals surface area contributed by atoms with Crippen LogP contribution in [0.4, 0.5) is 5.82 Å². The molecular weight excluding hydrogens is 292 g/mol. The number of carbonyl (C=O) groups is 1. The van der Waals surface area contributed by atoms with Gasteiger partial charge in [0.15, 0.2) is 5.82 Å². The lowest BCUT2D eigenvalue weighted by atomic mass is 10.0. The van der Waals surface area contributed by atoms with Gasteiger partial charge in [0.05, 0.1) is 5.69 Å². The molecule has 2 fully saturated rings. The third-order valence-corrected chi connectivity index (χ3v) is 4.46. The van der Waals surface area contributed by atoms with Crippen LogP contribution in [-0.2, 0) is 0 Å². The summed E-state index contributed by atoms with van der Waals surface area (Å²) in [5.41, 5.74) is 2.50. The number of hydrogen-bond acceptors (Lipinski definition) is 5. The van der Waals surface area contributed by atoms with E-state index in [1.54, 1.807) is 0 Å². The highest BCUT2D eigenvalue weighted by Gasteiger charge is 2.29. The molecule has 2 aliphatic rings. The number of aromatic nitrogens is 4. The van der Waals surface area contributed by atoms with Crippen LogP contribution < -0.4 is 10.2 Å². The Morgan fingerprint density at radius 1 is 1.35 bits per heavy atom. The molecule has 0 aromatic carbocycles. The number of carbonyl (C=O) groups excluding carboxylic acids is 1. The van der Waals surface area contributed by atoms with Crippen molar-refractivity contribution in [2.75, 3.05) is 24.5 Å². The molecule has 1 aliphatic carbocycles. The zero-order valence-corrected chi connectivity index (χ0v) is 13.1. The molecule has 7 nitrogen and oxygen atoms in total. The number of aromatic amines is 1. The van der Waals surface area contributed by atoms with Crippen molar-refractivity contribution in [3.8, 4) is 0 Å². The number of amides is 1. The smallest absolute Gasteiger partial charge is 0.271 e. The molecule has 2 aromatic rings. The third-order valence-electron chi connectivity index (χ3n) is 4.46. The zero-order chi connectivity index (χ0) is 15.8. The second-order valence-corrected chi connectivity index (χ2v) is 6.50. The standard InChI is InChI=1S/C16H20N6O/c1-10-2-5-15(21-18-10)22-8-11(9-22)7-17-16(23)14-6-13(19-20-14)12-3-4-12/h2,5-6,11-12H,3-4,7-9H2,1H3,(H,17,23)(H,19,20). The van der Waals surface area contributed by atoms with E-state index in [9.17, 15) is 4.79 Å². The Hall–Kier alpha value is -2.44. The summed E-state index contributed by atoms with van der Waals surface area (Å²) < 4.78 is 0. The Kier molecular flexibility index (Phi) is 3.48. The topological polar surface area (TPSA) is 86.8 Å². The Labute approximate surface area is 134 Å². The average molecular weight is 312 g/mol. The van der Waals surface area contributed by atoms with Crippen LogP contribution in [0.2, 0.25) is 0 Å². The molecule has 0 atom stereocenters. The van der Waals surface area contributed by atoms with Gasteiger partial charge in [0.1, 0.15) is 5.69 Å². The van der Waals surface area contributed by atoms with Crippen LogP contribution in [0.15, 0.2) is 18.2 Å². The monoisotopic (exact) mass is 312 g/mol. The summed E-state index contributed by atoms with van der Waals surface area (Å²) >= 11 is 0. The Balaban J connectivity index is 1.24. The molecule has 1 aliphatic heterocycles. The molecule has 2 N–H and O–H groups in total. The van der Waals surface area contributed by atoms with Crippen molar-refractivity contribution in [3.63, 3.8) is 0 Å². The molecule has 1 amide bonds. The van der Waals surface area contributed by atoms with E-state index < -0.39 is 0 Å². The number of nitrogens with one attached hydrogen (secondary N) is 2. The lowest BCUT2D eigenvalue weighted by molar-refractivity contribution is 0.0939. The summed E-state index contributed by atoms with van der Waals surface area (Å²) in [4.78, 5) is 14.3. The second kappa shape index (κ2) is 5.64. The van der Waals surface area contributed by atoms with Gasteiger partial charge in [0, 0.05) is 37.2 Å². The first-order valence-electron chi connectivity index (χ1n) is 8.08. The van der Waals surface area contributed by atoms with Crippen molar-refractivity contribution in [1.29, 1.82) is 0 Å². The van der Waals surface area contributed by atoms with Crippen molar-refractivity contribution >= 4 is 11.7 Å². The summed E-state index contributed by atoms with van der Waals surface area (Å²) in [6, 6.07) is 5.83. The highest BCUT2D eigenvalue weighted by Crippen LogP contribution is 2.38. The predicted octanol–water partition coefficient (Wildman–Crippen LogP) is 1.25. The molecule has 1 saturated heterocycles. The number of hydrogen-bond donors (Lipinski definition) is 2. The van der Waals surface area contributed by atoms with Gasteiger partial charge in [-0.1, -0.05) is 0 Å². The summed E-state index contributed by atoms with van der Waals surface area (Å²) in [5, 5.41) is 18.3. The highest BCUT2D eigenvalue weighted by molar-refractivity contribution is 5.92. The summed E-state index contributed by atoms with van der Waals surface area (Å²) in [6.07, 6.45) is 2.39. The van der Waals surface area contributed by atoms with Crippen LogP contribution in [0.1, 0.15) is 40.6 Å². The van der Waals surface area contributed by atoms with E-state index in [2.05, 4.69) is 30.6 Å². The molecule has 3 heterocycles. The molecule has 120 valence electrons. The minimum atomic E-state index is -0.0956. The van der Waals surface area contributed by atoms with Crippen molar-refractivity contribution < 1.29 is 4.79 Å². The molecule has 0 spiro atoms. The van der Waals surface area contributed by atoms with Gasteiger partial charge in [-0.25, -0.2) is 0 Å². The van der Waals surface area contributed by atoms with E-state index in [0.717, 1.165) is 30.3 Å². The fourth-order valence-corrected chi connectivity index (χ4v) is 2.83. The largest absolute Gasteiger partial charge is 0.354 e. The molecule has 0 radical (unpaired) electrons. The molecule has 2 aromatic heterocycles. The van der Waals surface area contributed by atoms with Crippen molar-refractivity contribution in [1.82, 2.24) is 25.7 Å². The Morgan fingerprint density at radius 3 is 2.87 bits per heavy atom. The first-order chi connectivity index (χ1) is 11.2. The lowest BCUT2D eigenvalue weighted by Crippen LogP contribution is -2.52. The maximum absolute atomic E-state index is 12.1. The van der Waals surface area contributed by atoms with Gasteiger partial charge in [0.25, 0.3) is 5.91 Å². The van der Waals surface area contributed by atoms with Crippen LogP contribution >= 0.6 is 0 Å². The first kappa shape index (κ1) is 14.2. The normalized spacial score (nSPS) is 17.9. The van der Waals surface area contributed by atoms with Gasteiger partial charge >= 0.3 is 0 Å². The quantitative estimate of drug-likeness (QED) is 0.868. The lowest BCUT2D eigenvalue weighted by Gasteiger charge is -2.39. The molecule has 23 heavy (non-hydrogen) atoms. The van der Waals surface area contributed by atoms with Crippen LogP contribution in [0.5, 0.6) is 0 Å². The summed E-state index contributed by atoms with van der Waals surface area (Å²) in [7, 11) is 0. The van der Waals surface area contributed by atoms with E-state index in [1.807, 2.05) is 25.1 Å². The van der Waals surface area contributed by atoms with Gasteiger partial charge < -0.3 is 10.2 Å². The number of nitrogens with zero attached hydrogens (tertiary/aromatic N) is 4. The maximum Gasteiger partial charge on any atom is 0.271 e. The van der Waals surface area contributed by atoms with Crippen molar-refractivity contribution in [3.05, 3.63) is 35.3 Å². The number of H-pyrrole nitrogens is 1. The van der Waals surface area contributed by atoms with E-state index in [4.69, 9.17) is 0 Å². The van der Waals surface area contributed by atoms with Crippen LogP contribution in [0.3, 0.4) is 0 Å². The van der Waals surface area contributed by atoms with Crippen LogP contribution in [0, 0.1) is 12.8 Å². The zero-order valence-electron chi connectivity index (χ0n) is 13.1. The first-order valence-corrected chi connectivity index (χ1v) is 8.08. The molecule has 7 heteroatoms. The fraction of sp³-hybridized carbons (Fsp3) is 0.500. The molecular formula is C16H20N6O. The summed E-state index contributed by atoms with van der Waals surface area (Å²) in [5.74, 6) is 1.84. The van der Waals surface area contributed by atoms with E-state index in [1.165, 1.54) is 12.8 Å². The Morgan fingerprint density at radius 2 is 2.17 bits per heavy atom. The maximum atomic E-state index is 12.1. The van der Waals surface area contributed by atoms with Crippen LogP contribution in [0.25, 0.3) is 0 Å². The SMILES string of the molecule is Cc1ccc(N2CC(CNC(=O)c3cc(C4CC4)[nH]n3)C2)nn1. The Bertz CT molecular complexity index is 700. The molecule has 1 saturated carbocycles. The summed E-state index contributed by atoms with van der Waals surface area (Å²) in [6.45, 7) is 4.38. The minimum Gasteiger partial charge on any atom is -0.354 e. The molecule has 4 rings (SSSR count). The average Bonchev–Trinajstić information content (AvgIpc) is 3.24. The van der Waals surface area contributed by atoms with E-state index >= 15 is 0 Å². The molecule has 0 bridgehead atoms. The minimum absolute atomic E-state index is 0.0956. The van der Waals surface area contributed by atoms with Gasteiger partial charge in [-0.2, -0.15) is 10.2 Å². The van der Waals surface area contributed by atoms with Crippen molar-refractivity contribution in [2.24, 2.45) is 5.92 Å². The second-order valence-electron chi connectivity index (χ2n) is 6.50. The van der Waals surface area contributed by atoms with Gasteiger partial charge in [-0.3, -0.25) is 9.89 Å². The number of aryl methyl sites for hydroxylation is 1. The predicted molar refractivity (Wildman–Crippen MR) is 85.4 cm³/mol. The number of anilines is 1. The van der Waals surface area contributed by atoms with Gasteiger partial charge in [0.2, 0.25) is 0 Å². The van der Waals surface area contributed by atoms with E-state index in [0.29, 0.717) is 24.1 Å². The fourth-order valence-electron chi connectivity index (χ4n) is 2.83. The highest BCUT2D eigenvalue weighted by atomic mass is 16.1.